The Kier molecular flexibility index (Phi) is 6.06. The largest absolute Gasteiger partial charge is 0.505 e. The summed E-state index contributed by atoms with van der Waals surface area (Å²) in [5.74, 6) is -0.684. The molecule has 0 radical (unpaired) electrons. The summed E-state index contributed by atoms with van der Waals surface area (Å²) in [6.07, 6.45) is 0.234. The van der Waals surface area contributed by atoms with Crippen LogP contribution in [0.3, 0.4) is 0 Å². The number of hydrogen-bond donors (Lipinski definition) is 2. The molecule has 0 aromatic heterocycles. The van der Waals surface area contributed by atoms with Gasteiger partial charge in [-0.05, 0) is 30.0 Å². The van der Waals surface area contributed by atoms with Crippen LogP contribution in [0.15, 0.2) is 42.5 Å². The van der Waals surface area contributed by atoms with Crippen LogP contribution in [0.4, 0.5) is 16.2 Å². The normalized spacial score (nSPS) is 16.7. The van der Waals surface area contributed by atoms with Crippen LogP contribution in [0.2, 0.25) is 0 Å². The number of imide groups is 1. The van der Waals surface area contributed by atoms with E-state index in [0.717, 1.165) is 10.5 Å². The molecule has 7 heteroatoms. The smallest absolute Gasteiger partial charge is 0.332 e. The second kappa shape index (κ2) is 8.41. The van der Waals surface area contributed by atoms with E-state index in [0.29, 0.717) is 17.8 Å². The second-order valence-electron chi connectivity index (χ2n) is 8.79. The first kappa shape index (κ1) is 22.3. The molecule has 1 saturated heterocycles. The molecular formula is C24H29N3O4. The Hall–Kier alpha value is -3.35. The van der Waals surface area contributed by atoms with E-state index in [9.17, 15) is 19.5 Å². The van der Waals surface area contributed by atoms with Gasteiger partial charge >= 0.3 is 6.03 Å². The fourth-order valence-electron chi connectivity index (χ4n) is 3.58. The lowest BCUT2D eigenvalue weighted by Crippen LogP contribution is -2.33. The maximum Gasteiger partial charge on any atom is 0.332 e. The zero-order valence-corrected chi connectivity index (χ0v) is 18.6. The highest BCUT2D eigenvalue weighted by Gasteiger charge is 2.44. The van der Waals surface area contributed by atoms with E-state index in [4.69, 9.17) is 0 Å². The van der Waals surface area contributed by atoms with Crippen molar-refractivity contribution in [3.05, 3.63) is 53.6 Å². The van der Waals surface area contributed by atoms with Crippen molar-refractivity contribution < 1.29 is 19.5 Å². The average molecular weight is 424 g/mol. The number of phenolic OH excluding ortho intramolecular Hbond substituents is 1. The van der Waals surface area contributed by atoms with Crippen molar-refractivity contribution >= 4 is 29.2 Å². The van der Waals surface area contributed by atoms with Gasteiger partial charge in [0.05, 0.1) is 11.4 Å². The van der Waals surface area contributed by atoms with Gasteiger partial charge in [-0.25, -0.2) is 9.69 Å². The van der Waals surface area contributed by atoms with Gasteiger partial charge in [0.25, 0.3) is 5.91 Å². The van der Waals surface area contributed by atoms with Gasteiger partial charge in [-0.2, -0.15) is 0 Å². The number of amides is 4. The van der Waals surface area contributed by atoms with Gasteiger partial charge in [0, 0.05) is 18.5 Å². The molecule has 1 fully saturated rings. The van der Waals surface area contributed by atoms with Gasteiger partial charge in [0.2, 0.25) is 5.91 Å². The SMILES string of the molecule is CCC(=O)Nc1cc(N2C(=O)C(C)N(Cc3ccccc3)C2=O)cc(C(C)(C)C)c1O. The Morgan fingerprint density at radius 1 is 1.13 bits per heavy atom. The van der Waals surface area contributed by atoms with Gasteiger partial charge in [0.15, 0.2) is 0 Å². The first-order valence-corrected chi connectivity index (χ1v) is 10.4. The third kappa shape index (κ3) is 4.40. The summed E-state index contributed by atoms with van der Waals surface area (Å²) in [5.41, 5.74) is 1.49. The Morgan fingerprint density at radius 2 is 1.77 bits per heavy atom. The van der Waals surface area contributed by atoms with Gasteiger partial charge < -0.3 is 15.3 Å². The second-order valence-corrected chi connectivity index (χ2v) is 8.79. The van der Waals surface area contributed by atoms with Crippen LogP contribution in [0, 0.1) is 0 Å². The monoisotopic (exact) mass is 423 g/mol. The molecule has 0 bridgehead atoms. The standard InChI is InChI=1S/C24H29N3O4/c1-6-20(28)25-19-13-17(12-18(21(19)29)24(3,4)5)27-22(30)15(2)26(23(27)31)14-16-10-8-7-9-11-16/h7-13,15,29H,6,14H2,1-5H3,(H,25,28). The van der Waals surface area contributed by atoms with Crippen molar-refractivity contribution in [3.8, 4) is 5.75 Å². The van der Waals surface area contributed by atoms with Gasteiger partial charge in [-0.1, -0.05) is 58.0 Å². The van der Waals surface area contributed by atoms with E-state index in [1.54, 1.807) is 19.9 Å². The summed E-state index contributed by atoms with van der Waals surface area (Å²) in [5, 5.41) is 13.4. The van der Waals surface area contributed by atoms with Crippen molar-refractivity contribution in [1.82, 2.24) is 4.90 Å². The maximum absolute atomic E-state index is 13.2. The minimum atomic E-state index is -0.631. The lowest BCUT2D eigenvalue weighted by molar-refractivity contribution is -0.119. The van der Waals surface area contributed by atoms with Crippen molar-refractivity contribution in [3.63, 3.8) is 0 Å². The van der Waals surface area contributed by atoms with Crippen LogP contribution in [-0.4, -0.2) is 33.9 Å². The number of urea groups is 1. The molecule has 2 aromatic rings. The van der Waals surface area contributed by atoms with Crippen LogP contribution in [0.1, 0.15) is 52.2 Å². The van der Waals surface area contributed by atoms with Crippen LogP contribution in [0.25, 0.3) is 0 Å². The molecule has 2 N–H and O–H groups in total. The Labute approximate surface area is 182 Å². The zero-order chi connectivity index (χ0) is 22.9. The molecule has 1 aliphatic heterocycles. The molecule has 164 valence electrons. The number of hydrogen-bond acceptors (Lipinski definition) is 4. The first-order chi connectivity index (χ1) is 14.5. The molecule has 7 nitrogen and oxygen atoms in total. The third-order valence-corrected chi connectivity index (χ3v) is 5.43. The fourth-order valence-corrected chi connectivity index (χ4v) is 3.58. The Morgan fingerprint density at radius 3 is 2.35 bits per heavy atom. The minimum Gasteiger partial charge on any atom is -0.505 e. The molecule has 3 rings (SSSR count). The van der Waals surface area contributed by atoms with E-state index >= 15 is 0 Å². The number of benzene rings is 2. The topological polar surface area (TPSA) is 90.0 Å². The lowest BCUT2D eigenvalue weighted by Gasteiger charge is -2.25. The minimum absolute atomic E-state index is 0.0636. The van der Waals surface area contributed by atoms with Crippen LogP contribution in [-0.2, 0) is 21.5 Å². The van der Waals surface area contributed by atoms with Crippen LogP contribution >= 0.6 is 0 Å². The molecule has 0 aliphatic carbocycles. The molecular weight excluding hydrogens is 394 g/mol. The summed E-state index contributed by atoms with van der Waals surface area (Å²) in [4.78, 5) is 40.9. The van der Waals surface area contributed by atoms with Crippen molar-refractivity contribution in [2.75, 3.05) is 10.2 Å². The Bertz CT molecular complexity index is 1010. The summed E-state index contributed by atoms with van der Waals surface area (Å²) >= 11 is 0. The number of aromatic hydroxyl groups is 1. The van der Waals surface area contributed by atoms with E-state index < -0.39 is 17.5 Å². The number of anilines is 2. The van der Waals surface area contributed by atoms with Gasteiger partial charge in [0.1, 0.15) is 11.8 Å². The molecule has 1 aliphatic rings. The van der Waals surface area contributed by atoms with Gasteiger partial charge in [-0.3, -0.25) is 9.59 Å². The fraction of sp³-hybridized carbons (Fsp3) is 0.375. The summed E-state index contributed by atoms with van der Waals surface area (Å²) in [6.45, 7) is 9.46. The van der Waals surface area contributed by atoms with Crippen molar-refractivity contribution in [2.45, 2.75) is 59.0 Å². The number of carbonyl (C=O) groups is 3. The highest BCUT2D eigenvalue weighted by Crippen LogP contribution is 2.41. The van der Waals surface area contributed by atoms with E-state index in [1.165, 1.54) is 11.0 Å². The molecule has 0 spiro atoms. The van der Waals surface area contributed by atoms with E-state index in [2.05, 4.69) is 5.32 Å². The maximum atomic E-state index is 13.2. The summed E-state index contributed by atoms with van der Waals surface area (Å²) in [6, 6.07) is 11.5. The zero-order valence-electron chi connectivity index (χ0n) is 18.6. The van der Waals surface area contributed by atoms with Crippen LogP contribution in [0.5, 0.6) is 5.75 Å². The van der Waals surface area contributed by atoms with E-state index in [-0.39, 0.29) is 29.7 Å². The van der Waals surface area contributed by atoms with Gasteiger partial charge in [-0.15, -0.1) is 0 Å². The predicted octanol–water partition coefficient (Wildman–Crippen LogP) is 4.40. The number of nitrogens with one attached hydrogen (secondary N) is 1. The van der Waals surface area contributed by atoms with E-state index in [1.807, 2.05) is 51.1 Å². The number of carbonyl (C=O) groups excluding carboxylic acids is 3. The van der Waals surface area contributed by atoms with Crippen molar-refractivity contribution in [2.24, 2.45) is 0 Å². The molecule has 1 atom stereocenters. The molecule has 0 saturated carbocycles. The first-order valence-electron chi connectivity index (χ1n) is 10.4. The molecule has 31 heavy (non-hydrogen) atoms. The quantitative estimate of drug-likeness (QED) is 0.551. The third-order valence-electron chi connectivity index (χ3n) is 5.43. The van der Waals surface area contributed by atoms with Crippen molar-refractivity contribution in [1.29, 1.82) is 0 Å². The molecule has 4 amide bonds. The highest BCUT2D eigenvalue weighted by atomic mass is 16.3. The molecule has 1 heterocycles. The summed E-state index contributed by atoms with van der Waals surface area (Å²) in [7, 11) is 0. The number of phenols is 1. The Balaban J connectivity index is 2.04. The van der Waals surface area contributed by atoms with Crippen LogP contribution < -0.4 is 10.2 Å². The predicted molar refractivity (Wildman–Crippen MR) is 120 cm³/mol. The number of rotatable bonds is 5. The highest BCUT2D eigenvalue weighted by molar-refractivity contribution is 6.21. The molecule has 2 aromatic carbocycles. The summed E-state index contributed by atoms with van der Waals surface area (Å²) < 4.78 is 0. The molecule has 1 unspecified atom stereocenters. The number of nitrogens with zero attached hydrogens (tertiary/aromatic N) is 2. The average Bonchev–Trinajstić information content (AvgIpc) is 2.92. The lowest BCUT2D eigenvalue weighted by atomic mass is 9.85.